The summed E-state index contributed by atoms with van der Waals surface area (Å²) in [6.07, 6.45) is 1.17. The molecular weight excluding hydrogens is 238 g/mol. The van der Waals surface area contributed by atoms with Crippen molar-refractivity contribution in [1.29, 1.82) is 0 Å². The van der Waals surface area contributed by atoms with Crippen LogP contribution in [0.2, 0.25) is 0 Å². The molecule has 5 heteroatoms. The fraction of sp³-hybridized carbons (Fsp3) is 0.500. The first kappa shape index (κ1) is 12.5. The molecule has 94 valence electrons. The Kier molecular flexibility index (Phi) is 2.80. The van der Waals surface area contributed by atoms with Gasteiger partial charge in [0.2, 0.25) is 0 Å². The summed E-state index contributed by atoms with van der Waals surface area (Å²) in [6, 6.07) is 7.60. The second kappa shape index (κ2) is 3.80. The molecule has 4 nitrogen and oxygen atoms in total. The number of benzene rings is 1. The molecule has 3 N–H and O–H groups in total. The molecule has 0 heterocycles. The van der Waals surface area contributed by atoms with Crippen LogP contribution in [0.4, 0.5) is 0 Å². The van der Waals surface area contributed by atoms with Crippen molar-refractivity contribution in [3.63, 3.8) is 0 Å². The third kappa shape index (κ3) is 1.99. The lowest BCUT2D eigenvalue weighted by Gasteiger charge is -2.06. The van der Waals surface area contributed by atoms with Crippen molar-refractivity contribution in [2.24, 2.45) is 5.73 Å². The molecule has 17 heavy (non-hydrogen) atoms. The van der Waals surface area contributed by atoms with Crippen molar-refractivity contribution in [3.05, 3.63) is 35.4 Å². The van der Waals surface area contributed by atoms with Crippen molar-refractivity contribution < 1.29 is 13.5 Å². The fourth-order valence-corrected chi connectivity index (χ4v) is 4.36. The van der Waals surface area contributed by atoms with E-state index in [0.717, 1.165) is 11.1 Å². The van der Waals surface area contributed by atoms with Gasteiger partial charge in [-0.3, -0.25) is 0 Å². The molecule has 3 atom stereocenters. The predicted octanol–water partition coefficient (Wildman–Crippen LogP) is 0.195. The summed E-state index contributed by atoms with van der Waals surface area (Å²) in [6.45, 7) is 1.65. The lowest BCUT2D eigenvalue weighted by atomic mass is 10.1. The molecule has 1 aromatic carbocycles. The van der Waals surface area contributed by atoms with Gasteiger partial charge in [-0.25, -0.2) is 8.42 Å². The molecule has 1 aliphatic rings. The first-order valence-electron chi connectivity index (χ1n) is 5.46. The van der Waals surface area contributed by atoms with Crippen molar-refractivity contribution >= 4 is 9.84 Å². The van der Waals surface area contributed by atoms with Gasteiger partial charge in [0.1, 0.15) is 0 Å². The van der Waals surface area contributed by atoms with Crippen LogP contribution in [-0.2, 0) is 9.84 Å². The number of aliphatic hydroxyl groups excluding tert-OH is 1. The van der Waals surface area contributed by atoms with Crippen LogP contribution in [0.5, 0.6) is 0 Å². The topological polar surface area (TPSA) is 80.4 Å². The van der Waals surface area contributed by atoms with Crippen LogP contribution in [0.15, 0.2) is 24.3 Å². The number of hydrogen-bond donors (Lipinski definition) is 2. The van der Waals surface area contributed by atoms with Gasteiger partial charge in [0, 0.05) is 12.2 Å². The van der Waals surface area contributed by atoms with Gasteiger partial charge in [-0.2, -0.15) is 0 Å². The maximum Gasteiger partial charge on any atom is 0.152 e. The minimum atomic E-state index is -3.24. The summed E-state index contributed by atoms with van der Waals surface area (Å²) in [4.78, 5) is 0. The molecule has 0 aromatic heterocycles. The monoisotopic (exact) mass is 255 g/mol. The zero-order valence-electron chi connectivity index (χ0n) is 9.92. The lowest BCUT2D eigenvalue weighted by molar-refractivity contribution is 0.253. The van der Waals surface area contributed by atoms with E-state index >= 15 is 0 Å². The van der Waals surface area contributed by atoms with Gasteiger partial charge in [-0.15, -0.1) is 0 Å². The van der Waals surface area contributed by atoms with E-state index in [4.69, 9.17) is 5.73 Å². The first-order valence-corrected chi connectivity index (χ1v) is 7.41. The minimum Gasteiger partial charge on any atom is -0.394 e. The van der Waals surface area contributed by atoms with Crippen LogP contribution in [0.3, 0.4) is 0 Å². The van der Waals surface area contributed by atoms with Gasteiger partial charge < -0.3 is 10.8 Å². The Morgan fingerprint density at radius 2 is 1.88 bits per heavy atom. The Morgan fingerprint density at radius 1 is 1.35 bits per heavy atom. The third-order valence-corrected chi connectivity index (χ3v) is 5.11. The van der Waals surface area contributed by atoms with Crippen molar-refractivity contribution in [3.8, 4) is 0 Å². The summed E-state index contributed by atoms with van der Waals surface area (Å²) in [5, 5.41) is 8.62. The third-order valence-electron chi connectivity index (χ3n) is 3.47. The SMILES string of the molecule is Cc1ccc(C2C(S(C)(=O)=O)C2(N)CO)cc1. The molecule has 1 aromatic rings. The number of sulfone groups is 1. The van der Waals surface area contributed by atoms with E-state index in [2.05, 4.69) is 0 Å². The molecule has 3 unspecified atom stereocenters. The molecule has 0 spiro atoms. The highest BCUT2D eigenvalue weighted by molar-refractivity contribution is 7.91. The second-order valence-electron chi connectivity index (χ2n) is 4.91. The summed E-state index contributed by atoms with van der Waals surface area (Å²) >= 11 is 0. The van der Waals surface area contributed by atoms with E-state index in [0.29, 0.717) is 0 Å². The standard InChI is InChI=1S/C12H17NO3S/c1-8-3-5-9(6-4-8)10-11(17(2,15)16)12(10,13)7-14/h3-6,10-11,14H,7,13H2,1-2H3. The average molecular weight is 255 g/mol. The molecule has 1 saturated carbocycles. The Labute approximate surface area is 101 Å². The minimum absolute atomic E-state index is 0.303. The van der Waals surface area contributed by atoms with E-state index in [1.807, 2.05) is 31.2 Å². The van der Waals surface area contributed by atoms with E-state index in [-0.39, 0.29) is 12.5 Å². The number of rotatable bonds is 3. The van der Waals surface area contributed by atoms with Gasteiger partial charge in [-0.1, -0.05) is 29.8 Å². The van der Waals surface area contributed by atoms with Crippen LogP contribution in [-0.4, -0.2) is 37.2 Å². The van der Waals surface area contributed by atoms with Crippen molar-refractivity contribution in [2.45, 2.75) is 23.6 Å². The molecule has 0 amide bonds. The highest BCUT2D eigenvalue weighted by Gasteiger charge is 2.67. The van der Waals surface area contributed by atoms with Gasteiger partial charge in [-0.05, 0) is 12.5 Å². The largest absolute Gasteiger partial charge is 0.394 e. The smallest absolute Gasteiger partial charge is 0.152 e. The Morgan fingerprint density at radius 3 is 2.24 bits per heavy atom. The van der Waals surface area contributed by atoms with Gasteiger partial charge >= 0.3 is 0 Å². The number of aliphatic hydroxyl groups is 1. The van der Waals surface area contributed by atoms with Crippen LogP contribution in [0, 0.1) is 6.92 Å². The molecule has 1 aliphatic carbocycles. The van der Waals surface area contributed by atoms with Gasteiger partial charge in [0.25, 0.3) is 0 Å². The maximum atomic E-state index is 11.6. The summed E-state index contributed by atoms with van der Waals surface area (Å²) in [7, 11) is -3.24. The fourth-order valence-electron chi connectivity index (χ4n) is 2.52. The first-order chi connectivity index (χ1) is 7.80. The summed E-state index contributed by atoms with van der Waals surface area (Å²) in [5.74, 6) is -0.303. The van der Waals surface area contributed by atoms with E-state index in [1.165, 1.54) is 6.26 Å². The average Bonchev–Trinajstić information content (AvgIpc) is 2.87. The highest BCUT2D eigenvalue weighted by Crippen LogP contribution is 2.53. The van der Waals surface area contributed by atoms with Crippen molar-refractivity contribution in [1.82, 2.24) is 0 Å². The van der Waals surface area contributed by atoms with E-state index in [9.17, 15) is 13.5 Å². The predicted molar refractivity (Wildman–Crippen MR) is 66.6 cm³/mol. The highest BCUT2D eigenvalue weighted by atomic mass is 32.2. The van der Waals surface area contributed by atoms with Crippen LogP contribution >= 0.6 is 0 Å². The Bertz CT molecular complexity index is 523. The van der Waals surface area contributed by atoms with Crippen molar-refractivity contribution in [2.75, 3.05) is 12.9 Å². The molecule has 0 bridgehead atoms. The number of hydrogen-bond acceptors (Lipinski definition) is 4. The maximum absolute atomic E-state index is 11.6. The summed E-state index contributed by atoms with van der Waals surface area (Å²) in [5.41, 5.74) is 6.92. The zero-order valence-corrected chi connectivity index (χ0v) is 10.7. The normalized spacial score (nSPS) is 32.5. The second-order valence-corrected chi connectivity index (χ2v) is 7.08. The number of aryl methyl sites for hydroxylation is 1. The number of nitrogens with two attached hydrogens (primary N) is 1. The Hall–Kier alpha value is -0.910. The quantitative estimate of drug-likeness (QED) is 0.808. The van der Waals surface area contributed by atoms with Crippen LogP contribution < -0.4 is 5.73 Å². The molecule has 0 saturated heterocycles. The molecular formula is C12H17NO3S. The van der Waals surface area contributed by atoms with E-state index in [1.54, 1.807) is 0 Å². The van der Waals surface area contributed by atoms with Crippen LogP contribution in [0.25, 0.3) is 0 Å². The summed E-state index contributed by atoms with van der Waals surface area (Å²) < 4.78 is 23.3. The molecule has 0 aliphatic heterocycles. The van der Waals surface area contributed by atoms with Crippen LogP contribution in [0.1, 0.15) is 17.0 Å². The molecule has 0 radical (unpaired) electrons. The lowest BCUT2D eigenvalue weighted by Crippen LogP contribution is -2.34. The Balaban J connectivity index is 2.37. The molecule has 2 rings (SSSR count). The van der Waals surface area contributed by atoms with Gasteiger partial charge in [0.05, 0.1) is 17.4 Å². The van der Waals surface area contributed by atoms with Gasteiger partial charge in [0.15, 0.2) is 9.84 Å². The zero-order chi connectivity index (χ0) is 12.8. The van der Waals surface area contributed by atoms with E-state index < -0.39 is 20.6 Å². The molecule has 1 fully saturated rings.